The summed E-state index contributed by atoms with van der Waals surface area (Å²) in [5.41, 5.74) is 0. The van der Waals surface area contributed by atoms with E-state index in [1.807, 2.05) is 0 Å². The predicted molar refractivity (Wildman–Crippen MR) is 88.2 cm³/mol. The second-order valence-electron chi connectivity index (χ2n) is 5.29. The molecule has 1 aromatic heterocycles. The Bertz CT molecular complexity index is 947. The van der Waals surface area contributed by atoms with E-state index in [9.17, 15) is 25.6 Å². The number of hydrogen-bond acceptors (Lipinski definition) is 5. The lowest BCUT2D eigenvalue weighted by atomic mass is 10.3. The highest BCUT2D eigenvalue weighted by atomic mass is 32.2. The van der Waals surface area contributed by atoms with Gasteiger partial charge >= 0.3 is 0 Å². The minimum absolute atomic E-state index is 0.0878. The molecule has 0 aliphatic carbocycles. The SMILES string of the molecule is O=S(=O)(c1cccs1)N1CCN(S(=O)(=O)c2c(F)cccc2F)CC1. The molecule has 0 atom stereocenters. The molecule has 0 radical (unpaired) electrons. The van der Waals surface area contributed by atoms with E-state index in [2.05, 4.69) is 0 Å². The van der Waals surface area contributed by atoms with E-state index in [-0.39, 0.29) is 30.4 Å². The van der Waals surface area contributed by atoms with Crippen molar-refractivity contribution in [3.05, 3.63) is 47.3 Å². The van der Waals surface area contributed by atoms with Crippen LogP contribution in [0, 0.1) is 11.6 Å². The maximum absolute atomic E-state index is 13.8. The molecule has 3 rings (SSSR count). The molecule has 1 aliphatic heterocycles. The number of sulfonamides is 2. The minimum Gasteiger partial charge on any atom is -0.207 e. The molecule has 1 aromatic carbocycles. The van der Waals surface area contributed by atoms with Gasteiger partial charge in [0.25, 0.3) is 10.0 Å². The summed E-state index contributed by atoms with van der Waals surface area (Å²) in [4.78, 5) is -1.01. The first-order valence-electron chi connectivity index (χ1n) is 7.22. The summed E-state index contributed by atoms with van der Waals surface area (Å²) < 4.78 is 79.7. The smallest absolute Gasteiger partial charge is 0.207 e. The molecule has 0 spiro atoms. The van der Waals surface area contributed by atoms with E-state index in [0.29, 0.717) is 0 Å². The maximum atomic E-state index is 13.8. The van der Waals surface area contributed by atoms with Crippen molar-refractivity contribution in [2.75, 3.05) is 26.2 Å². The Morgan fingerprint density at radius 2 is 1.32 bits per heavy atom. The molecule has 1 saturated heterocycles. The fraction of sp³-hybridized carbons (Fsp3) is 0.286. The van der Waals surface area contributed by atoms with E-state index < -0.39 is 36.6 Å². The monoisotopic (exact) mass is 408 g/mol. The van der Waals surface area contributed by atoms with Crippen molar-refractivity contribution in [3.8, 4) is 0 Å². The quantitative estimate of drug-likeness (QED) is 0.772. The first-order valence-corrected chi connectivity index (χ1v) is 11.0. The Labute approximate surface area is 148 Å². The second-order valence-corrected chi connectivity index (χ2v) is 10.3. The fourth-order valence-electron chi connectivity index (χ4n) is 2.55. The molecule has 0 amide bonds. The van der Waals surface area contributed by atoms with Gasteiger partial charge in [-0.25, -0.2) is 25.6 Å². The van der Waals surface area contributed by atoms with Crippen molar-refractivity contribution in [3.63, 3.8) is 0 Å². The summed E-state index contributed by atoms with van der Waals surface area (Å²) in [5.74, 6) is -2.35. The number of nitrogens with zero attached hydrogens (tertiary/aromatic N) is 2. The van der Waals surface area contributed by atoms with Crippen LogP contribution in [0.15, 0.2) is 44.8 Å². The van der Waals surface area contributed by atoms with Gasteiger partial charge in [-0.1, -0.05) is 12.1 Å². The Morgan fingerprint density at radius 3 is 1.80 bits per heavy atom. The van der Waals surface area contributed by atoms with Gasteiger partial charge in [-0.3, -0.25) is 0 Å². The van der Waals surface area contributed by atoms with Crippen LogP contribution in [0.2, 0.25) is 0 Å². The first-order chi connectivity index (χ1) is 11.7. The molecule has 1 fully saturated rings. The van der Waals surface area contributed by atoms with E-state index in [4.69, 9.17) is 0 Å². The van der Waals surface area contributed by atoms with E-state index in [1.165, 1.54) is 10.4 Å². The lowest BCUT2D eigenvalue weighted by molar-refractivity contribution is 0.271. The third-order valence-corrected chi connectivity index (χ3v) is 9.03. The normalized spacial score (nSPS) is 17.7. The van der Waals surface area contributed by atoms with Crippen LogP contribution in [0.25, 0.3) is 0 Å². The highest BCUT2D eigenvalue weighted by Crippen LogP contribution is 2.26. The Hall–Kier alpha value is -1.40. The summed E-state index contributed by atoms with van der Waals surface area (Å²) >= 11 is 1.07. The predicted octanol–water partition coefficient (Wildman–Crippen LogP) is 1.72. The van der Waals surface area contributed by atoms with Gasteiger partial charge in [-0.15, -0.1) is 11.3 Å². The summed E-state index contributed by atoms with van der Waals surface area (Å²) in [6.45, 7) is -0.535. The van der Waals surface area contributed by atoms with Crippen LogP contribution in [-0.2, 0) is 20.0 Å². The zero-order chi connectivity index (χ0) is 18.2. The molecular weight excluding hydrogens is 394 g/mol. The molecule has 0 saturated carbocycles. The molecule has 6 nitrogen and oxygen atoms in total. The molecule has 25 heavy (non-hydrogen) atoms. The third-order valence-electron chi connectivity index (χ3n) is 3.80. The highest BCUT2D eigenvalue weighted by molar-refractivity contribution is 7.91. The highest BCUT2D eigenvalue weighted by Gasteiger charge is 2.36. The zero-order valence-electron chi connectivity index (χ0n) is 12.8. The summed E-state index contributed by atoms with van der Waals surface area (Å²) in [6.07, 6.45) is 0. The third kappa shape index (κ3) is 3.34. The first kappa shape index (κ1) is 18.4. The number of thiophene rings is 1. The number of rotatable bonds is 4. The standard InChI is InChI=1S/C14H14F2N2O4S3/c15-11-3-1-4-12(16)14(11)25(21,22)18-8-6-17(7-9-18)24(19,20)13-5-2-10-23-13/h1-5,10H,6-9H2. The number of benzene rings is 1. The minimum atomic E-state index is -4.38. The maximum Gasteiger partial charge on any atom is 0.252 e. The lowest BCUT2D eigenvalue weighted by Crippen LogP contribution is -2.50. The summed E-state index contributed by atoms with van der Waals surface area (Å²) in [5, 5.41) is 1.63. The van der Waals surface area contributed by atoms with Gasteiger partial charge in [0.1, 0.15) is 15.8 Å². The molecular formula is C14H14F2N2O4S3. The molecule has 0 N–H and O–H groups in total. The Balaban J connectivity index is 1.81. The van der Waals surface area contributed by atoms with Crippen molar-refractivity contribution < 1.29 is 25.6 Å². The number of piperazine rings is 1. The van der Waals surface area contributed by atoms with Crippen molar-refractivity contribution in [1.29, 1.82) is 0 Å². The van der Waals surface area contributed by atoms with Crippen LogP contribution >= 0.6 is 11.3 Å². The summed E-state index contributed by atoms with van der Waals surface area (Å²) in [7, 11) is -8.07. The molecule has 0 bridgehead atoms. The Morgan fingerprint density at radius 1 is 0.800 bits per heavy atom. The van der Waals surface area contributed by atoms with Crippen LogP contribution in [0.4, 0.5) is 8.78 Å². The van der Waals surface area contributed by atoms with Crippen LogP contribution in [0.1, 0.15) is 0 Å². The molecule has 2 aromatic rings. The largest absolute Gasteiger partial charge is 0.252 e. The number of hydrogen-bond donors (Lipinski definition) is 0. The second kappa shape index (κ2) is 6.72. The van der Waals surface area contributed by atoms with Gasteiger partial charge in [-0.2, -0.15) is 8.61 Å². The van der Waals surface area contributed by atoms with E-state index >= 15 is 0 Å². The van der Waals surface area contributed by atoms with Crippen LogP contribution in [0.3, 0.4) is 0 Å². The lowest BCUT2D eigenvalue weighted by Gasteiger charge is -2.33. The molecule has 136 valence electrons. The molecule has 11 heteroatoms. The van der Waals surface area contributed by atoms with Crippen molar-refractivity contribution in [2.24, 2.45) is 0 Å². The van der Waals surface area contributed by atoms with Crippen LogP contribution in [-0.4, -0.2) is 51.6 Å². The van der Waals surface area contributed by atoms with Crippen LogP contribution < -0.4 is 0 Å². The fourth-order valence-corrected chi connectivity index (χ4v) is 6.64. The zero-order valence-corrected chi connectivity index (χ0v) is 15.3. The molecule has 0 unspecified atom stereocenters. The molecule has 2 heterocycles. The van der Waals surface area contributed by atoms with Crippen molar-refractivity contribution >= 4 is 31.4 Å². The average molecular weight is 408 g/mol. The number of halogens is 2. The summed E-state index contributed by atoms with van der Waals surface area (Å²) in [6, 6.07) is 5.90. The molecule has 1 aliphatic rings. The van der Waals surface area contributed by atoms with Gasteiger partial charge in [0.15, 0.2) is 4.90 Å². The van der Waals surface area contributed by atoms with Crippen molar-refractivity contribution in [1.82, 2.24) is 8.61 Å². The van der Waals surface area contributed by atoms with Gasteiger partial charge in [0.05, 0.1) is 0 Å². The average Bonchev–Trinajstić information content (AvgIpc) is 3.10. The van der Waals surface area contributed by atoms with Gasteiger partial charge < -0.3 is 0 Å². The van der Waals surface area contributed by atoms with E-state index in [1.54, 1.807) is 11.4 Å². The van der Waals surface area contributed by atoms with E-state index in [0.717, 1.165) is 33.8 Å². The Kier molecular flexibility index (Phi) is 4.95. The van der Waals surface area contributed by atoms with Gasteiger partial charge in [0.2, 0.25) is 10.0 Å². The van der Waals surface area contributed by atoms with Gasteiger partial charge in [-0.05, 0) is 23.6 Å². The van der Waals surface area contributed by atoms with Crippen LogP contribution in [0.5, 0.6) is 0 Å². The topological polar surface area (TPSA) is 74.8 Å². The van der Waals surface area contributed by atoms with Gasteiger partial charge in [0, 0.05) is 26.2 Å². The van der Waals surface area contributed by atoms with Crippen molar-refractivity contribution in [2.45, 2.75) is 9.10 Å².